The fourth-order valence-electron chi connectivity index (χ4n) is 1.48. The van der Waals surface area contributed by atoms with E-state index in [2.05, 4.69) is 10.3 Å². The summed E-state index contributed by atoms with van der Waals surface area (Å²) in [5.41, 5.74) is 0.852. The lowest BCUT2D eigenvalue weighted by molar-refractivity contribution is -0.116. The van der Waals surface area contributed by atoms with Gasteiger partial charge in [0.05, 0.1) is 12.0 Å². The summed E-state index contributed by atoms with van der Waals surface area (Å²) in [7, 11) is 0. The lowest BCUT2D eigenvalue weighted by Crippen LogP contribution is -2.18. The predicted octanol–water partition coefficient (Wildman–Crippen LogP) is 2.24. The lowest BCUT2D eigenvalue weighted by atomic mass is 10.3. The summed E-state index contributed by atoms with van der Waals surface area (Å²) in [6.45, 7) is 0.280. The first kappa shape index (κ1) is 11.7. The summed E-state index contributed by atoms with van der Waals surface area (Å²) in [6, 6.07) is 7.75. The molecular formula is C12H13N3OS. The van der Waals surface area contributed by atoms with Gasteiger partial charge in [-0.2, -0.15) is 0 Å². The van der Waals surface area contributed by atoms with Crippen molar-refractivity contribution in [1.82, 2.24) is 9.55 Å². The Morgan fingerprint density at radius 1 is 1.47 bits per heavy atom. The van der Waals surface area contributed by atoms with E-state index in [4.69, 9.17) is 0 Å². The molecule has 0 aliphatic rings. The zero-order valence-corrected chi connectivity index (χ0v) is 10.3. The molecule has 0 radical (unpaired) electrons. The van der Waals surface area contributed by atoms with Crippen LogP contribution in [0.1, 0.15) is 0 Å². The monoisotopic (exact) mass is 247 g/mol. The molecule has 1 aromatic heterocycles. The van der Waals surface area contributed by atoms with Crippen LogP contribution in [0.3, 0.4) is 0 Å². The molecule has 4 nitrogen and oxygen atoms in total. The molecule has 0 aliphatic heterocycles. The third-order valence-corrected chi connectivity index (χ3v) is 3.06. The molecule has 1 N–H and O–H groups in total. The first-order chi connectivity index (χ1) is 8.29. The van der Waals surface area contributed by atoms with Crippen molar-refractivity contribution in [1.29, 1.82) is 0 Å². The highest BCUT2D eigenvalue weighted by molar-refractivity contribution is 7.98. The summed E-state index contributed by atoms with van der Waals surface area (Å²) in [6.07, 6.45) is 7.03. The fourth-order valence-corrected chi connectivity index (χ4v) is 2.04. The molecule has 0 bridgehead atoms. The second-order valence-electron chi connectivity index (χ2n) is 3.48. The standard InChI is InChI=1S/C12H13N3OS/c1-17-11-5-3-2-4-10(11)14-12(16)8-15-7-6-13-9-15/h2-7,9H,8H2,1H3,(H,14,16). The molecule has 0 atom stereocenters. The fraction of sp³-hybridized carbons (Fsp3) is 0.167. The van der Waals surface area contributed by atoms with Crippen LogP contribution < -0.4 is 5.32 Å². The maximum atomic E-state index is 11.8. The minimum Gasteiger partial charge on any atom is -0.328 e. The molecule has 1 amide bonds. The zero-order chi connectivity index (χ0) is 12.1. The second kappa shape index (κ2) is 5.54. The number of hydrogen-bond acceptors (Lipinski definition) is 3. The van der Waals surface area contributed by atoms with E-state index in [-0.39, 0.29) is 12.5 Å². The van der Waals surface area contributed by atoms with Gasteiger partial charge in [0, 0.05) is 17.3 Å². The maximum Gasteiger partial charge on any atom is 0.244 e. The Bertz CT molecular complexity index is 496. The highest BCUT2D eigenvalue weighted by Crippen LogP contribution is 2.24. The van der Waals surface area contributed by atoms with Gasteiger partial charge >= 0.3 is 0 Å². The van der Waals surface area contributed by atoms with Gasteiger partial charge in [0.1, 0.15) is 6.54 Å². The van der Waals surface area contributed by atoms with Crippen molar-refractivity contribution < 1.29 is 4.79 Å². The molecule has 0 aliphatic carbocycles. The number of para-hydroxylation sites is 1. The second-order valence-corrected chi connectivity index (χ2v) is 4.33. The molecular weight excluding hydrogens is 234 g/mol. The molecule has 1 aromatic carbocycles. The van der Waals surface area contributed by atoms with Crippen molar-refractivity contribution in [3.05, 3.63) is 43.0 Å². The van der Waals surface area contributed by atoms with Crippen LogP contribution in [0.15, 0.2) is 47.9 Å². The Hall–Kier alpha value is -1.75. The van der Waals surface area contributed by atoms with Gasteiger partial charge in [0.15, 0.2) is 0 Å². The minimum atomic E-state index is -0.0514. The van der Waals surface area contributed by atoms with Gasteiger partial charge in [-0.1, -0.05) is 12.1 Å². The van der Waals surface area contributed by atoms with Gasteiger partial charge < -0.3 is 9.88 Å². The number of rotatable bonds is 4. The highest BCUT2D eigenvalue weighted by Gasteiger charge is 2.06. The number of imidazole rings is 1. The lowest BCUT2D eigenvalue weighted by Gasteiger charge is -2.09. The largest absolute Gasteiger partial charge is 0.328 e. The maximum absolute atomic E-state index is 11.8. The van der Waals surface area contributed by atoms with Gasteiger partial charge in [0.25, 0.3) is 0 Å². The van der Waals surface area contributed by atoms with Crippen LogP contribution in [0.25, 0.3) is 0 Å². The number of thioether (sulfide) groups is 1. The molecule has 0 spiro atoms. The van der Waals surface area contributed by atoms with E-state index in [0.717, 1.165) is 10.6 Å². The molecule has 0 unspecified atom stereocenters. The first-order valence-corrected chi connectivity index (χ1v) is 6.40. The molecule has 2 aromatic rings. The van der Waals surface area contributed by atoms with E-state index in [1.165, 1.54) is 0 Å². The summed E-state index contributed by atoms with van der Waals surface area (Å²) in [5.74, 6) is -0.0514. The van der Waals surface area contributed by atoms with Gasteiger partial charge in [-0.05, 0) is 18.4 Å². The number of carbonyl (C=O) groups is 1. The van der Waals surface area contributed by atoms with Crippen LogP contribution in [0.2, 0.25) is 0 Å². The van der Waals surface area contributed by atoms with Crippen molar-refractivity contribution in [3.8, 4) is 0 Å². The van der Waals surface area contributed by atoms with Crippen LogP contribution in [0.4, 0.5) is 5.69 Å². The first-order valence-electron chi connectivity index (χ1n) is 5.18. The summed E-state index contributed by atoms with van der Waals surface area (Å²) in [5, 5.41) is 2.89. The molecule has 88 valence electrons. The number of nitrogens with one attached hydrogen (secondary N) is 1. The Morgan fingerprint density at radius 2 is 2.29 bits per heavy atom. The Balaban J connectivity index is 2.03. The highest BCUT2D eigenvalue weighted by atomic mass is 32.2. The van der Waals surface area contributed by atoms with Crippen molar-refractivity contribution in [2.45, 2.75) is 11.4 Å². The van der Waals surface area contributed by atoms with E-state index in [9.17, 15) is 4.79 Å². The average Bonchev–Trinajstić information content (AvgIpc) is 2.82. The quantitative estimate of drug-likeness (QED) is 0.843. The number of hydrogen-bond donors (Lipinski definition) is 1. The summed E-state index contributed by atoms with van der Waals surface area (Å²) >= 11 is 1.61. The molecule has 5 heteroatoms. The van der Waals surface area contributed by atoms with Crippen molar-refractivity contribution >= 4 is 23.4 Å². The number of benzene rings is 1. The van der Waals surface area contributed by atoms with Gasteiger partial charge in [0.2, 0.25) is 5.91 Å². The van der Waals surface area contributed by atoms with Crippen LogP contribution in [0.5, 0.6) is 0 Å². The van der Waals surface area contributed by atoms with Gasteiger partial charge in [-0.25, -0.2) is 4.98 Å². The number of nitrogens with zero attached hydrogens (tertiary/aromatic N) is 2. The molecule has 0 saturated heterocycles. The molecule has 0 fully saturated rings. The number of carbonyl (C=O) groups excluding carboxylic acids is 1. The summed E-state index contributed by atoms with van der Waals surface area (Å²) in [4.78, 5) is 16.7. The third-order valence-electron chi connectivity index (χ3n) is 2.27. The normalized spacial score (nSPS) is 10.2. The number of aromatic nitrogens is 2. The van der Waals surface area contributed by atoms with Crippen molar-refractivity contribution in [2.75, 3.05) is 11.6 Å². The van der Waals surface area contributed by atoms with Crippen LogP contribution >= 0.6 is 11.8 Å². The Morgan fingerprint density at radius 3 is 3.00 bits per heavy atom. The van der Waals surface area contributed by atoms with E-state index in [1.54, 1.807) is 35.0 Å². The van der Waals surface area contributed by atoms with Crippen molar-refractivity contribution in [3.63, 3.8) is 0 Å². The van der Waals surface area contributed by atoms with E-state index in [0.29, 0.717) is 0 Å². The third kappa shape index (κ3) is 3.10. The van der Waals surface area contributed by atoms with Gasteiger partial charge in [-0.15, -0.1) is 11.8 Å². The number of anilines is 1. The average molecular weight is 247 g/mol. The molecule has 17 heavy (non-hydrogen) atoms. The Labute approximate surface area is 104 Å². The van der Waals surface area contributed by atoms with Gasteiger partial charge in [-0.3, -0.25) is 4.79 Å². The smallest absolute Gasteiger partial charge is 0.244 e. The van der Waals surface area contributed by atoms with E-state index in [1.807, 2.05) is 30.5 Å². The van der Waals surface area contributed by atoms with Crippen LogP contribution in [-0.4, -0.2) is 21.7 Å². The number of amides is 1. The minimum absolute atomic E-state index is 0.0514. The predicted molar refractivity (Wildman–Crippen MR) is 69.1 cm³/mol. The van der Waals surface area contributed by atoms with E-state index >= 15 is 0 Å². The SMILES string of the molecule is CSc1ccccc1NC(=O)Cn1ccnc1. The summed E-state index contributed by atoms with van der Waals surface area (Å²) < 4.78 is 1.73. The van der Waals surface area contributed by atoms with Crippen molar-refractivity contribution in [2.24, 2.45) is 0 Å². The topological polar surface area (TPSA) is 46.9 Å². The molecule has 0 saturated carbocycles. The molecule has 2 rings (SSSR count). The van der Waals surface area contributed by atoms with E-state index < -0.39 is 0 Å². The zero-order valence-electron chi connectivity index (χ0n) is 9.46. The Kier molecular flexibility index (Phi) is 3.82. The molecule has 1 heterocycles. The van der Waals surface area contributed by atoms with Crippen LogP contribution in [0, 0.1) is 0 Å². The van der Waals surface area contributed by atoms with Crippen LogP contribution in [-0.2, 0) is 11.3 Å².